The van der Waals surface area contributed by atoms with E-state index >= 15 is 0 Å². The highest BCUT2D eigenvalue weighted by atomic mass is 16.5. The highest BCUT2D eigenvalue weighted by Gasteiger charge is 2.23. The van der Waals surface area contributed by atoms with E-state index in [2.05, 4.69) is 36.4 Å². The van der Waals surface area contributed by atoms with E-state index in [1.54, 1.807) is 33.0 Å². The largest absolute Gasteiger partial charge is 0.506 e. The zero-order chi connectivity index (χ0) is 48.5. The number of aromatic nitrogens is 8. The number of hydrogen-bond acceptors (Lipinski definition) is 12. The molecule has 356 valence electrons. The van der Waals surface area contributed by atoms with Gasteiger partial charge in [0.25, 0.3) is 11.8 Å². The van der Waals surface area contributed by atoms with E-state index in [4.69, 9.17) is 25.0 Å². The first-order chi connectivity index (χ1) is 31.8. The Labute approximate surface area is 384 Å². The first-order valence-corrected chi connectivity index (χ1v) is 22.3. The van der Waals surface area contributed by atoms with Crippen LogP contribution in [0.5, 0.6) is 11.5 Å². The van der Waals surface area contributed by atoms with Crippen LogP contribution >= 0.6 is 0 Å². The molecule has 4 aromatic heterocycles. The van der Waals surface area contributed by atoms with Crippen molar-refractivity contribution in [2.24, 2.45) is 11.5 Å². The minimum Gasteiger partial charge on any atom is -0.506 e. The molecule has 66 heavy (non-hydrogen) atoms. The molecular weight excluding hydrogens is 847 g/mol. The summed E-state index contributed by atoms with van der Waals surface area (Å²) >= 11 is 0. The third-order valence-corrected chi connectivity index (χ3v) is 10.1. The number of rotatable bonds is 16. The van der Waals surface area contributed by atoms with Crippen molar-refractivity contribution in [3.63, 3.8) is 0 Å². The number of nitrogens with zero attached hydrogens (tertiary/aromatic N) is 9. The Morgan fingerprint density at radius 3 is 1.79 bits per heavy atom. The predicted molar refractivity (Wildman–Crippen MR) is 255 cm³/mol. The Kier molecular flexibility index (Phi) is 19.4. The Hall–Kier alpha value is -7.06. The van der Waals surface area contributed by atoms with Crippen LogP contribution < -0.4 is 26.8 Å². The monoisotopic (exact) mass is 912 g/mol. The van der Waals surface area contributed by atoms with Crippen LogP contribution in [-0.4, -0.2) is 112 Å². The third kappa shape index (κ3) is 12.6. The number of phenolic OH excluding ortho intramolecular Hbond substituents is 1. The van der Waals surface area contributed by atoms with E-state index in [1.165, 1.54) is 12.1 Å². The van der Waals surface area contributed by atoms with Crippen LogP contribution in [0.3, 0.4) is 0 Å². The van der Waals surface area contributed by atoms with Gasteiger partial charge in [0.05, 0.1) is 42.2 Å². The molecule has 0 radical (unpaired) electrons. The van der Waals surface area contributed by atoms with Crippen LogP contribution in [0.2, 0.25) is 0 Å². The summed E-state index contributed by atoms with van der Waals surface area (Å²) in [5, 5.41) is 25.8. The lowest BCUT2D eigenvalue weighted by Gasteiger charge is -2.26. The van der Waals surface area contributed by atoms with Gasteiger partial charge in [0.15, 0.2) is 0 Å². The number of nitrogens with two attached hydrogens (primary N) is 2. The molecule has 2 aromatic carbocycles. The van der Waals surface area contributed by atoms with Crippen molar-refractivity contribution in [3.05, 3.63) is 82.5 Å². The topological polar surface area (TPSA) is 258 Å². The molecule has 5 heterocycles. The summed E-state index contributed by atoms with van der Waals surface area (Å²) in [4.78, 5) is 59.8. The fourth-order valence-electron chi connectivity index (χ4n) is 7.33. The van der Waals surface area contributed by atoms with Gasteiger partial charge in [0.1, 0.15) is 33.9 Å². The predicted octanol–water partition coefficient (Wildman–Crippen LogP) is 5.56. The molecule has 1 saturated heterocycles. The van der Waals surface area contributed by atoms with Gasteiger partial charge >= 0.3 is 0 Å². The summed E-state index contributed by atoms with van der Waals surface area (Å²) in [5.41, 5.74) is 14.8. The quantitative estimate of drug-likeness (QED) is 0.0454. The summed E-state index contributed by atoms with van der Waals surface area (Å²) in [5.74, 6) is -0.663. The fourth-order valence-corrected chi connectivity index (χ4v) is 7.33. The minimum absolute atomic E-state index is 0.0702. The van der Waals surface area contributed by atoms with Crippen molar-refractivity contribution in [2.75, 3.05) is 50.1 Å². The third-order valence-electron chi connectivity index (χ3n) is 10.1. The van der Waals surface area contributed by atoms with Crippen molar-refractivity contribution in [2.45, 2.75) is 94.9 Å². The zero-order valence-corrected chi connectivity index (χ0v) is 39.6. The molecule has 4 amide bonds. The molecule has 1 aliphatic rings. The molecule has 0 spiro atoms. The van der Waals surface area contributed by atoms with Crippen LogP contribution in [0.15, 0.2) is 48.6 Å². The molecule has 0 unspecified atom stereocenters. The molecule has 6 aromatic rings. The summed E-state index contributed by atoms with van der Waals surface area (Å²) in [6, 6.07) is 10.1. The van der Waals surface area contributed by atoms with Gasteiger partial charge in [-0.2, -0.15) is 10.2 Å². The average Bonchev–Trinajstić information content (AvgIpc) is 4.08. The summed E-state index contributed by atoms with van der Waals surface area (Å²) in [6.07, 6.45) is 4.81. The van der Waals surface area contributed by atoms with Gasteiger partial charge in [-0.3, -0.25) is 44.1 Å². The second-order valence-electron chi connectivity index (χ2n) is 14.6. The maximum absolute atomic E-state index is 13.7. The number of aryl methyl sites for hydroxylation is 5. The van der Waals surface area contributed by atoms with Gasteiger partial charge in [0.2, 0.25) is 24.2 Å². The molecule has 0 bridgehead atoms. The number of morpholine rings is 1. The molecule has 1 aliphatic heterocycles. The highest BCUT2D eigenvalue weighted by Crippen LogP contribution is 2.33. The highest BCUT2D eigenvalue weighted by molar-refractivity contribution is 6.05. The maximum Gasteiger partial charge on any atom is 0.276 e. The lowest BCUT2D eigenvalue weighted by molar-refractivity contribution is -0.106. The number of amides is 4. The number of benzene rings is 2. The number of allylic oxidation sites excluding steroid dienone is 2. The van der Waals surface area contributed by atoms with Crippen LogP contribution in [0.25, 0.3) is 22.1 Å². The molecular formula is C46H65N13O7. The number of carbonyl (C=O) groups is 4. The SMILES string of the molecule is CC.CC.CCn1nc(C)cc1C(=O)Nc1nc2cc(C(N)=O)cc(O)c2n1C/C=C/Cn1c(NC(=O)c2cc(C)nn2CC)nc2cc(C)cc(OCCCN3CCOCC3)c21.NC=O. The van der Waals surface area contributed by atoms with Crippen LogP contribution in [0, 0.1) is 20.8 Å². The summed E-state index contributed by atoms with van der Waals surface area (Å²) in [7, 11) is 0. The van der Waals surface area contributed by atoms with Gasteiger partial charge in [-0.25, -0.2) is 9.97 Å². The number of imidazole rings is 2. The number of phenols is 1. The molecule has 7 N–H and O–H groups in total. The van der Waals surface area contributed by atoms with Gasteiger partial charge in [-0.15, -0.1) is 0 Å². The standard InChI is InChI=1S/C41H50N12O6.2C2H6.CH3NO/c1-6-52-31(21-26(4)47-52)38(56)45-40-44-30-23-28(37(42)55)24-33(54)35(30)50(40)12-8-9-13-51-36-29(43-41(51)46-39(57)32-22-27(5)48-53(32)7-2)19-25(3)20-34(36)59-16-10-11-49-14-17-58-18-15-49;2*1-2;2-1-3/h8-9,19-24,54H,6-7,10-18H2,1-5H3,(H2,42,55)(H,43,46,57)(H,44,45,56);2*1-2H3;1H,(H2,2,3)/b9-8+;;;. The molecule has 0 aliphatic carbocycles. The van der Waals surface area contributed by atoms with Crippen LogP contribution in [0.1, 0.15) is 96.2 Å². The Morgan fingerprint density at radius 1 is 0.788 bits per heavy atom. The van der Waals surface area contributed by atoms with Gasteiger partial charge in [-0.05, 0) is 83.0 Å². The van der Waals surface area contributed by atoms with Crippen molar-refractivity contribution in [3.8, 4) is 11.5 Å². The van der Waals surface area contributed by atoms with Crippen molar-refractivity contribution >= 4 is 58.1 Å². The maximum atomic E-state index is 13.7. The van der Waals surface area contributed by atoms with E-state index in [-0.39, 0.29) is 48.2 Å². The van der Waals surface area contributed by atoms with Crippen molar-refractivity contribution < 1.29 is 33.8 Å². The Morgan fingerprint density at radius 2 is 1.29 bits per heavy atom. The fraction of sp³-hybridized carbons (Fsp3) is 0.435. The number of fused-ring (bicyclic) bond motifs is 2. The number of anilines is 2. The summed E-state index contributed by atoms with van der Waals surface area (Å²) < 4.78 is 18.7. The Bertz CT molecular complexity index is 2620. The van der Waals surface area contributed by atoms with Gasteiger partial charge in [0, 0.05) is 51.4 Å². The zero-order valence-electron chi connectivity index (χ0n) is 39.6. The lowest BCUT2D eigenvalue weighted by Crippen LogP contribution is -2.37. The molecule has 0 saturated carbocycles. The second kappa shape index (κ2) is 24.9. The first kappa shape index (κ1) is 51.6. The molecule has 0 atom stereocenters. The van der Waals surface area contributed by atoms with Crippen LogP contribution in [-0.2, 0) is 35.7 Å². The Balaban J connectivity index is 0.00000129. The molecule has 20 nitrogen and oxygen atoms in total. The lowest BCUT2D eigenvalue weighted by atomic mass is 10.1. The van der Waals surface area contributed by atoms with Crippen molar-refractivity contribution in [1.82, 2.24) is 43.6 Å². The molecule has 7 rings (SSSR count). The number of primary amides is 2. The van der Waals surface area contributed by atoms with E-state index in [0.717, 1.165) is 50.5 Å². The average molecular weight is 912 g/mol. The van der Waals surface area contributed by atoms with E-state index in [0.29, 0.717) is 65.0 Å². The first-order valence-electron chi connectivity index (χ1n) is 22.3. The molecule has 1 fully saturated rings. The number of aromatic hydroxyl groups is 1. The number of carbonyl (C=O) groups excluding carboxylic acids is 4. The van der Waals surface area contributed by atoms with E-state index in [1.807, 2.05) is 84.2 Å². The summed E-state index contributed by atoms with van der Waals surface area (Å²) in [6.45, 7) is 23.5. The molecule has 20 heteroatoms. The van der Waals surface area contributed by atoms with E-state index < -0.39 is 11.8 Å². The minimum atomic E-state index is -0.732. The normalized spacial score (nSPS) is 12.4. The van der Waals surface area contributed by atoms with E-state index in [9.17, 15) is 19.5 Å². The number of ether oxygens (including phenoxy) is 2. The van der Waals surface area contributed by atoms with Crippen LogP contribution in [0.4, 0.5) is 11.9 Å². The second-order valence-corrected chi connectivity index (χ2v) is 14.6. The van der Waals surface area contributed by atoms with Gasteiger partial charge in [-0.1, -0.05) is 39.8 Å². The van der Waals surface area contributed by atoms with Gasteiger partial charge < -0.3 is 35.2 Å². The smallest absolute Gasteiger partial charge is 0.276 e. The number of hydrogen-bond donors (Lipinski definition) is 5. The van der Waals surface area contributed by atoms with Crippen molar-refractivity contribution in [1.29, 1.82) is 0 Å². The number of nitrogens with one attached hydrogen (secondary N) is 2.